The minimum absolute atomic E-state index is 0.00880. The van der Waals surface area contributed by atoms with Gasteiger partial charge in [-0.25, -0.2) is 4.98 Å². The number of hydrogen-bond acceptors (Lipinski definition) is 5. The van der Waals surface area contributed by atoms with Gasteiger partial charge in [-0.2, -0.15) is 13.2 Å². The van der Waals surface area contributed by atoms with Crippen LogP contribution in [0.3, 0.4) is 0 Å². The van der Waals surface area contributed by atoms with E-state index in [0.717, 1.165) is 17.8 Å². The molecule has 1 N–H and O–H groups in total. The van der Waals surface area contributed by atoms with E-state index in [-0.39, 0.29) is 17.1 Å². The van der Waals surface area contributed by atoms with E-state index in [2.05, 4.69) is 15.2 Å². The molecular formula is C19H11Cl2F3N4O2S. The molecule has 0 aliphatic rings. The number of alkyl halides is 3. The quantitative estimate of drug-likeness (QED) is 0.381. The monoisotopic (exact) mass is 486 g/mol. The van der Waals surface area contributed by atoms with Crippen molar-refractivity contribution in [3.05, 3.63) is 57.8 Å². The van der Waals surface area contributed by atoms with E-state index in [1.54, 1.807) is 18.2 Å². The van der Waals surface area contributed by atoms with E-state index in [9.17, 15) is 18.0 Å². The second-order valence-corrected chi connectivity index (χ2v) is 8.34. The maximum absolute atomic E-state index is 13.0. The lowest BCUT2D eigenvalue weighted by Gasteiger charge is -2.07. The summed E-state index contributed by atoms with van der Waals surface area (Å²) in [5, 5.41) is 18.1. The summed E-state index contributed by atoms with van der Waals surface area (Å²) < 4.78 is 40.2. The minimum Gasteiger partial charge on any atom is -0.481 e. The van der Waals surface area contributed by atoms with Crippen LogP contribution in [0, 0.1) is 0 Å². The van der Waals surface area contributed by atoms with Crippen LogP contribution in [0.2, 0.25) is 10.0 Å². The summed E-state index contributed by atoms with van der Waals surface area (Å²) in [7, 11) is 0. The molecule has 31 heavy (non-hydrogen) atoms. The zero-order chi connectivity index (χ0) is 22.3. The van der Waals surface area contributed by atoms with Crippen molar-refractivity contribution in [2.75, 3.05) is 0 Å². The topological polar surface area (TPSA) is 80.4 Å². The Morgan fingerprint density at radius 2 is 1.84 bits per heavy atom. The maximum Gasteiger partial charge on any atom is 0.417 e. The van der Waals surface area contributed by atoms with Gasteiger partial charge in [-0.3, -0.25) is 4.79 Å². The molecule has 6 nitrogen and oxygen atoms in total. The fourth-order valence-corrected chi connectivity index (χ4v) is 4.33. The number of benzene rings is 1. The van der Waals surface area contributed by atoms with Crippen molar-refractivity contribution >= 4 is 46.2 Å². The van der Waals surface area contributed by atoms with Gasteiger partial charge in [0.1, 0.15) is 10.7 Å². The number of aromatic nitrogens is 4. The Bertz CT molecular complexity index is 1300. The van der Waals surface area contributed by atoms with E-state index in [0.29, 0.717) is 32.7 Å². The third-order valence-electron chi connectivity index (χ3n) is 4.37. The third-order valence-corrected chi connectivity index (χ3v) is 5.94. The average molecular weight is 487 g/mol. The number of imidazole rings is 1. The largest absolute Gasteiger partial charge is 0.481 e. The van der Waals surface area contributed by atoms with Crippen LogP contribution in [-0.2, 0) is 17.4 Å². The highest BCUT2D eigenvalue weighted by atomic mass is 35.5. The van der Waals surface area contributed by atoms with E-state index < -0.39 is 17.7 Å². The van der Waals surface area contributed by atoms with Crippen LogP contribution >= 0.6 is 34.5 Å². The number of halogens is 5. The second kappa shape index (κ2) is 8.10. The summed E-state index contributed by atoms with van der Waals surface area (Å²) in [6.45, 7) is 0. The summed E-state index contributed by atoms with van der Waals surface area (Å²) in [6.07, 6.45) is -1.89. The van der Waals surface area contributed by atoms with Crippen LogP contribution in [0.1, 0.15) is 17.5 Å². The normalized spacial score (nSPS) is 11.9. The molecule has 0 amide bonds. The number of hydrogen-bond donors (Lipinski definition) is 1. The van der Waals surface area contributed by atoms with E-state index in [1.165, 1.54) is 21.9 Å². The molecule has 12 heteroatoms. The van der Waals surface area contributed by atoms with Crippen molar-refractivity contribution in [1.82, 2.24) is 19.6 Å². The number of aryl methyl sites for hydroxylation is 1. The van der Waals surface area contributed by atoms with Crippen molar-refractivity contribution in [2.24, 2.45) is 0 Å². The van der Waals surface area contributed by atoms with Gasteiger partial charge in [-0.15, -0.1) is 10.2 Å². The lowest BCUT2D eigenvalue weighted by molar-refractivity contribution is -0.138. The number of carboxylic acids is 1. The minimum atomic E-state index is -4.54. The first-order chi connectivity index (χ1) is 14.6. The number of carboxylic acid groups (broad SMARTS) is 1. The van der Waals surface area contributed by atoms with E-state index in [1.807, 2.05) is 0 Å². The first kappa shape index (κ1) is 21.5. The Labute approximate surface area is 186 Å². The number of carbonyl (C=O) groups is 1. The lowest BCUT2D eigenvalue weighted by atomic mass is 10.1. The Balaban J connectivity index is 1.65. The number of fused-ring (bicyclic) bond motifs is 1. The fourth-order valence-electron chi connectivity index (χ4n) is 2.89. The van der Waals surface area contributed by atoms with Gasteiger partial charge in [0.05, 0.1) is 15.6 Å². The average Bonchev–Trinajstić information content (AvgIpc) is 3.32. The molecule has 0 saturated carbocycles. The van der Waals surface area contributed by atoms with Crippen molar-refractivity contribution in [3.8, 4) is 21.3 Å². The van der Waals surface area contributed by atoms with Gasteiger partial charge in [-0.1, -0.05) is 46.7 Å². The highest BCUT2D eigenvalue weighted by Crippen LogP contribution is 2.36. The van der Waals surface area contributed by atoms with Crippen LogP contribution in [0.4, 0.5) is 13.2 Å². The zero-order valence-electron chi connectivity index (χ0n) is 15.3. The van der Waals surface area contributed by atoms with Crippen molar-refractivity contribution in [1.29, 1.82) is 0 Å². The number of nitrogens with zero attached hydrogens (tertiary/aromatic N) is 4. The molecule has 0 aliphatic carbocycles. The molecule has 3 heterocycles. The maximum atomic E-state index is 13.0. The fraction of sp³-hybridized carbons (Fsp3) is 0.158. The molecule has 0 unspecified atom stereocenters. The predicted octanol–water partition coefficient (Wildman–Crippen LogP) is 5.86. The summed E-state index contributed by atoms with van der Waals surface area (Å²) >= 11 is 13.5. The van der Waals surface area contributed by atoms with Crippen LogP contribution in [0.15, 0.2) is 36.7 Å². The summed E-state index contributed by atoms with van der Waals surface area (Å²) in [6, 6.07) is 5.98. The molecule has 4 rings (SSSR count). The first-order valence-electron chi connectivity index (χ1n) is 8.72. The number of rotatable bonds is 5. The Hall–Kier alpha value is -2.69. The highest BCUT2D eigenvalue weighted by molar-refractivity contribution is 7.18. The Morgan fingerprint density at radius 3 is 2.52 bits per heavy atom. The molecule has 0 aliphatic heterocycles. The molecule has 0 spiro atoms. The molecular weight excluding hydrogens is 476 g/mol. The molecule has 160 valence electrons. The second-order valence-electron chi connectivity index (χ2n) is 6.55. The number of aliphatic carboxylic acids is 1. The molecule has 3 aromatic heterocycles. The number of pyridine rings is 1. The molecule has 1 aromatic carbocycles. The predicted molar refractivity (Wildman–Crippen MR) is 111 cm³/mol. The standard InChI is InChI=1S/C19H11Cl2F3N4O2S/c20-12-5-9(2-4-15(29)30)1-3-11(12)17-26-27-18(31-17)14-8-28-7-10(19(22,23)24)6-13(21)16(28)25-14/h1,3,5-8H,2,4H2,(H,29,30). The van der Waals surface area contributed by atoms with E-state index in [4.69, 9.17) is 28.3 Å². The van der Waals surface area contributed by atoms with Crippen molar-refractivity contribution < 1.29 is 23.1 Å². The van der Waals surface area contributed by atoms with Crippen LogP contribution in [0.25, 0.3) is 26.9 Å². The molecule has 0 fully saturated rings. The Morgan fingerprint density at radius 1 is 1.10 bits per heavy atom. The smallest absolute Gasteiger partial charge is 0.417 e. The lowest BCUT2D eigenvalue weighted by Crippen LogP contribution is -2.06. The Kier molecular flexibility index (Phi) is 5.63. The molecule has 0 saturated heterocycles. The van der Waals surface area contributed by atoms with E-state index >= 15 is 0 Å². The van der Waals surface area contributed by atoms with Crippen molar-refractivity contribution in [3.63, 3.8) is 0 Å². The van der Waals surface area contributed by atoms with Crippen LogP contribution < -0.4 is 0 Å². The SMILES string of the molecule is O=C(O)CCc1ccc(-c2nnc(-c3cn4cc(C(F)(F)F)cc(Cl)c4n3)s2)c(Cl)c1. The summed E-state index contributed by atoms with van der Waals surface area (Å²) in [4.78, 5) is 15.0. The molecule has 0 radical (unpaired) electrons. The van der Waals surface area contributed by atoms with Gasteiger partial charge in [0, 0.05) is 24.4 Å². The van der Waals surface area contributed by atoms with Gasteiger partial charge in [0.25, 0.3) is 0 Å². The van der Waals surface area contributed by atoms with Gasteiger partial charge >= 0.3 is 12.1 Å². The van der Waals surface area contributed by atoms with Crippen LogP contribution in [0.5, 0.6) is 0 Å². The summed E-state index contributed by atoms with van der Waals surface area (Å²) in [5.41, 5.74) is 0.977. The van der Waals surface area contributed by atoms with Crippen molar-refractivity contribution in [2.45, 2.75) is 19.0 Å². The van der Waals surface area contributed by atoms with Gasteiger partial charge in [0.15, 0.2) is 10.7 Å². The first-order valence-corrected chi connectivity index (χ1v) is 10.3. The van der Waals surface area contributed by atoms with Gasteiger partial charge < -0.3 is 9.51 Å². The van der Waals surface area contributed by atoms with Gasteiger partial charge in [0.2, 0.25) is 0 Å². The summed E-state index contributed by atoms with van der Waals surface area (Å²) in [5.74, 6) is -0.899. The molecule has 4 aromatic rings. The van der Waals surface area contributed by atoms with Gasteiger partial charge in [-0.05, 0) is 24.1 Å². The van der Waals surface area contributed by atoms with Crippen LogP contribution in [-0.4, -0.2) is 30.7 Å². The third kappa shape index (κ3) is 4.51. The molecule has 0 atom stereocenters. The highest BCUT2D eigenvalue weighted by Gasteiger charge is 2.32. The zero-order valence-corrected chi connectivity index (χ0v) is 17.6. The molecule has 0 bridgehead atoms.